The van der Waals surface area contributed by atoms with Crippen LogP contribution in [0.1, 0.15) is 62.4 Å². The standard InChI is InChI=1S/C30H39N3O6.ClH/c1-4-5-16-33-27(35)25(26(34)20(2)3)31-29(38)30(33)14-17-32(18-15-30)19-21-6-10-23(11-7-21)39-24-12-8-22(9-13-24)28(36)37;/h6-13,20,25-26,34H,4-5,14-19H2,1-3H3,(H,31,38)(H,36,37);1H/t25-,26-;/m1./s1. The van der Waals surface area contributed by atoms with Crippen molar-refractivity contribution in [3.05, 3.63) is 59.7 Å². The van der Waals surface area contributed by atoms with Gasteiger partial charge in [-0.15, -0.1) is 12.4 Å². The molecule has 2 aliphatic rings. The van der Waals surface area contributed by atoms with Gasteiger partial charge in [0.1, 0.15) is 23.1 Å². The molecule has 2 atom stereocenters. The molecule has 3 N–H and O–H groups in total. The van der Waals surface area contributed by atoms with E-state index in [-0.39, 0.29) is 35.7 Å². The number of rotatable bonds is 10. The van der Waals surface area contributed by atoms with Crippen molar-refractivity contribution in [3.63, 3.8) is 0 Å². The van der Waals surface area contributed by atoms with Gasteiger partial charge in [-0.1, -0.05) is 39.3 Å². The predicted molar refractivity (Wildman–Crippen MR) is 154 cm³/mol. The number of nitrogens with one attached hydrogen (secondary N) is 1. The van der Waals surface area contributed by atoms with Gasteiger partial charge < -0.3 is 25.2 Å². The molecule has 0 aromatic heterocycles. The smallest absolute Gasteiger partial charge is 0.335 e. The molecule has 0 unspecified atom stereocenters. The van der Waals surface area contributed by atoms with Gasteiger partial charge in [-0.2, -0.15) is 0 Å². The molecule has 10 heteroatoms. The molecule has 218 valence electrons. The highest BCUT2D eigenvalue weighted by Crippen LogP contribution is 2.35. The fraction of sp³-hybridized carbons (Fsp3) is 0.500. The molecule has 0 radical (unpaired) electrons. The lowest BCUT2D eigenvalue weighted by Gasteiger charge is -2.52. The zero-order valence-corrected chi connectivity index (χ0v) is 24.2. The average Bonchev–Trinajstić information content (AvgIpc) is 2.93. The van der Waals surface area contributed by atoms with Crippen molar-refractivity contribution in [1.82, 2.24) is 15.1 Å². The number of nitrogens with zero attached hydrogens (tertiary/aromatic N) is 2. The van der Waals surface area contributed by atoms with Crippen molar-refractivity contribution in [2.24, 2.45) is 5.92 Å². The second-order valence-corrected chi connectivity index (χ2v) is 10.9. The summed E-state index contributed by atoms with van der Waals surface area (Å²) in [5, 5.41) is 22.5. The molecule has 2 heterocycles. The Morgan fingerprint density at radius 2 is 1.62 bits per heavy atom. The molecule has 2 aromatic carbocycles. The number of piperazine rings is 1. The van der Waals surface area contributed by atoms with E-state index in [2.05, 4.69) is 17.1 Å². The Hall–Kier alpha value is -3.14. The summed E-state index contributed by atoms with van der Waals surface area (Å²) >= 11 is 0. The van der Waals surface area contributed by atoms with Crippen molar-refractivity contribution < 1.29 is 29.3 Å². The Bertz CT molecular complexity index is 1160. The quantitative estimate of drug-likeness (QED) is 0.392. The fourth-order valence-corrected chi connectivity index (χ4v) is 5.40. The van der Waals surface area contributed by atoms with E-state index >= 15 is 0 Å². The topological polar surface area (TPSA) is 119 Å². The van der Waals surface area contributed by atoms with Gasteiger partial charge in [-0.25, -0.2) is 4.79 Å². The van der Waals surface area contributed by atoms with Crippen LogP contribution in [0.25, 0.3) is 0 Å². The maximum atomic E-state index is 13.5. The van der Waals surface area contributed by atoms with Gasteiger partial charge in [0.25, 0.3) is 0 Å². The third-order valence-electron chi connectivity index (χ3n) is 7.87. The number of halogens is 1. The molecule has 0 aliphatic carbocycles. The van der Waals surface area contributed by atoms with E-state index in [1.165, 1.54) is 12.1 Å². The van der Waals surface area contributed by atoms with Crippen LogP contribution in [0.2, 0.25) is 0 Å². The van der Waals surface area contributed by atoms with Gasteiger partial charge in [0, 0.05) is 26.2 Å². The van der Waals surface area contributed by atoms with Gasteiger partial charge in [-0.3, -0.25) is 14.5 Å². The molecule has 0 saturated carbocycles. The number of carboxylic acids is 1. The molecule has 4 rings (SSSR count). The van der Waals surface area contributed by atoms with Gasteiger partial charge in [0.2, 0.25) is 11.8 Å². The predicted octanol–water partition coefficient (Wildman–Crippen LogP) is 4.08. The second kappa shape index (κ2) is 13.5. The van der Waals surface area contributed by atoms with Crippen LogP contribution in [0.5, 0.6) is 11.5 Å². The minimum absolute atomic E-state index is 0. The van der Waals surface area contributed by atoms with E-state index in [0.29, 0.717) is 50.5 Å². The van der Waals surface area contributed by atoms with E-state index in [0.717, 1.165) is 18.4 Å². The molecular formula is C30H40ClN3O6. The van der Waals surface area contributed by atoms with Crippen LogP contribution < -0.4 is 10.1 Å². The minimum atomic E-state index is -0.979. The van der Waals surface area contributed by atoms with Gasteiger partial charge >= 0.3 is 5.97 Å². The first-order valence-electron chi connectivity index (χ1n) is 13.8. The first kappa shape index (κ1) is 31.4. The highest BCUT2D eigenvalue weighted by molar-refractivity contribution is 6.00. The number of unbranched alkanes of at least 4 members (excludes halogenated alkanes) is 1. The summed E-state index contributed by atoms with van der Waals surface area (Å²) in [7, 11) is 0. The first-order chi connectivity index (χ1) is 18.6. The number of carbonyl (C=O) groups excluding carboxylic acids is 2. The third kappa shape index (κ3) is 6.77. The Kier molecular flexibility index (Phi) is 10.6. The second-order valence-electron chi connectivity index (χ2n) is 10.9. The van der Waals surface area contributed by atoms with Crippen LogP contribution in [0, 0.1) is 5.92 Å². The average molecular weight is 574 g/mol. The molecule has 2 aliphatic heterocycles. The minimum Gasteiger partial charge on any atom is -0.478 e. The van der Waals surface area contributed by atoms with Crippen molar-refractivity contribution >= 4 is 30.2 Å². The molecule has 2 saturated heterocycles. The first-order valence-corrected chi connectivity index (χ1v) is 13.8. The molecule has 9 nitrogen and oxygen atoms in total. The number of benzene rings is 2. The summed E-state index contributed by atoms with van der Waals surface area (Å²) in [6.07, 6.45) is 1.91. The normalized spacial score (nSPS) is 19.7. The number of likely N-dealkylation sites (tertiary alicyclic amines) is 1. The summed E-state index contributed by atoms with van der Waals surface area (Å²) in [6.45, 7) is 8.34. The Morgan fingerprint density at radius 3 is 2.15 bits per heavy atom. The van der Waals surface area contributed by atoms with Crippen molar-refractivity contribution in [1.29, 1.82) is 0 Å². The summed E-state index contributed by atoms with van der Waals surface area (Å²) in [4.78, 5) is 42.0. The highest BCUT2D eigenvalue weighted by atomic mass is 35.5. The monoisotopic (exact) mass is 573 g/mol. The summed E-state index contributed by atoms with van der Waals surface area (Å²) < 4.78 is 5.83. The fourth-order valence-electron chi connectivity index (χ4n) is 5.40. The van der Waals surface area contributed by atoms with Crippen LogP contribution >= 0.6 is 12.4 Å². The van der Waals surface area contributed by atoms with Gasteiger partial charge in [-0.05, 0) is 67.1 Å². The summed E-state index contributed by atoms with van der Waals surface area (Å²) in [5.41, 5.74) is 0.438. The lowest BCUT2D eigenvalue weighted by Crippen LogP contribution is -2.74. The molecule has 40 heavy (non-hydrogen) atoms. The SMILES string of the molecule is CCCCN1C(=O)[C@@H]([C@H](O)C(C)C)NC(=O)C12CCN(Cc1ccc(Oc3ccc(C(=O)O)cc3)cc1)CC2.Cl. The van der Waals surface area contributed by atoms with Gasteiger partial charge in [0.05, 0.1) is 11.7 Å². The van der Waals surface area contributed by atoms with E-state index < -0.39 is 23.7 Å². The Morgan fingerprint density at radius 1 is 1.05 bits per heavy atom. The number of ether oxygens (including phenoxy) is 1. The largest absolute Gasteiger partial charge is 0.478 e. The number of carbonyl (C=O) groups is 3. The Labute approximate surface area is 241 Å². The number of hydrogen-bond donors (Lipinski definition) is 3. The lowest BCUT2D eigenvalue weighted by molar-refractivity contribution is -0.165. The molecule has 2 aromatic rings. The maximum Gasteiger partial charge on any atom is 0.335 e. The number of piperidine rings is 1. The summed E-state index contributed by atoms with van der Waals surface area (Å²) in [5.74, 6) is -0.233. The lowest BCUT2D eigenvalue weighted by atomic mass is 9.80. The zero-order chi connectivity index (χ0) is 28.2. The number of aliphatic hydroxyl groups is 1. The van der Waals surface area contributed by atoms with E-state index in [4.69, 9.17) is 9.84 Å². The van der Waals surface area contributed by atoms with Gasteiger partial charge in [0.15, 0.2) is 0 Å². The maximum absolute atomic E-state index is 13.5. The van der Waals surface area contributed by atoms with Crippen LogP contribution in [-0.4, -0.2) is 75.1 Å². The van der Waals surface area contributed by atoms with Crippen LogP contribution in [0.4, 0.5) is 0 Å². The van der Waals surface area contributed by atoms with Crippen molar-refractivity contribution in [3.8, 4) is 11.5 Å². The number of aliphatic hydroxyl groups excluding tert-OH is 1. The van der Waals surface area contributed by atoms with E-state index in [1.54, 1.807) is 17.0 Å². The number of carboxylic acid groups (broad SMARTS) is 1. The number of amides is 2. The number of hydrogen-bond acceptors (Lipinski definition) is 6. The third-order valence-corrected chi connectivity index (χ3v) is 7.87. The van der Waals surface area contributed by atoms with E-state index in [9.17, 15) is 19.5 Å². The summed E-state index contributed by atoms with van der Waals surface area (Å²) in [6, 6.07) is 13.1. The zero-order valence-electron chi connectivity index (χ0n) is 23.3. The molecule has 2 amide bonds. The molecule has 1 spiro atoms. The molecular weight excluding hydrogens is 534 g/mol. The van der Waals surface area contributed by atoms with Crippen LogP contribution in [0.3, 0.4) is 0 Å². The molecule has 2 fully saturated rings. The highest BCUT2D eigenvalue weighted by Gasteiger charge is 2.54. The van der Waals surface area contributed by atoms with Crippen molar-refractivity contribution in [2.75, 3.05) is 19.6 Å². The van der Waals surface area contributed by atoms with Crippen molar-refractivity contribution in [2.45, 2.75) is 70.7 Å². The molecule has 0 bridgehead atoms. The van der Waals surface area contributed by atoms with Crippen LogP contribution in [-0.2, 0) is 16.1 Å². The van der Waals surface area contributed by atoms with Crippen LogP contribution in [0.15, 0.2) is 48.5 Å². The Balaban J connectivity index is 0.00000441. The van der Waals surface area contributed by atoms with E-state index in [1.807, 2.05) is 38.1 Å². The number of aromatic carboxylic acids is 1.